The van der Waals surface area contributed by atoms with E-state index in [1.165, 1.54) is 19.3 Å². The number of halogens is 2. The molecule has 1 aromatic rings. The van der Waals surface area contributed by atoms with Crippen molar-refractivity contribution in [3.63, 3.8) is 0 Å². The Bertz CT molecular complexity index is 315. The van der Waals surface area contributed by atoms with Crippen LogP contribution in [0.15, 0.2) is 18.2 Å². The zero-order valence-electron chi connectivity index (χ0n) is 8.26. The highest BCUT2D eigenvalue weighted by atomic mass is 79.9. The van der Waals surface area contributed by atoms with Crippen LogP contribution in [0.3, 0.4) is 0 Å². The highest BCUT2D eigenvalue weighted by molar-refractivity contribution is 9.09. The highest BCUT2D eigenvalue weighted by Gasteiger charge is 2.26. The molecule has 0 spiro atoms. The number of hydrogen-bond acceptors (Lipinski definition) is 0. The molecule has 1 aliphatic carbocycles. The Balaban J connectivity index is 2.31. The lowest BCUT2D eigenvalue weighted by molar-refractivity contribution is 0.618. The molecule has 0 aromatic heterocycles. The van der Waals surface area contributed by atoms with Gasteiger partial charge in [-0.3, -0.25) is 0 Å². The van der Waals surface area contributed by atoms with Crippen LogP contribution in [-0.4, -0.2) is 4.83 Å². The molecule has 2 rings (SSSR count). The average Bonchev–Trinajstić information content (AvgIpc) is 2.49. The molecule has 1 saturated carbocycles. The first-order valence-corrected chi connectivity index (χ1v) is 5.99. The molecule has 1 fully saturated rings. The molecule has 2 heteroatoms. The van der Waals surface area contributed by atoms with Gasteiger partial charge >= 0.3 is 0 Å². The summed E-state index contributed by atoms with van der Waals surface area (Å²) < 4.78 is 13.2. The van der Waals surface area contributed by atoms with Crippen LogP contribution in [0.5, 0.6) is 0 Å². The predicted octanol–water partition coefficient (Wildman–Crippen LogP) is 4.17. The summed E-state index contributed by atoms with van der Waals surface area (Å²) >= 11 is 3.67. The Hall–Kier alpha value is -0.370. The Morgan fingerprint density at radius 3 is 2.64 bits per heavy atom. The summed E-state index contributed by atoms with van der Waals surface area (Å²) in [6, 6.07) is 5.37. The summed E-state index contributed by atoms with van der Waals surface area (Å²) in [5, 5.41) is 0. The number of aryl methyl sites for hydroxylation is 1. The zero-order chi connectivity index (χ0) is 10.1. The van der Waals surface area contributed by atoms with Crippen molar-refractivity contribution < 1.29 is 4.39 Å². The minimum absolute atomic E-state index is 0.105. The van der Waals surface area contributed by atoms with Gasteiger partial charge in [0.25, 0.3) is 0 Å². The quantitative estimate of drug-likeness (QED) is 0.662. The fraction of sp³-hybridized carbons (Fsp3) is 0.500. The molecular weight excluding hydrogens is 243 g/mol. The Morgan fingerprint density at radius 1 is 1.29 bits per heavy atom. The van der Waals surface area contributed by atoms with E-state index < -0.39 is 0 Å². The Labute approximate surface area is 92.6 Å². The fourth-order valence-corrected chi connectivity index (χ4v) is 3.16. The molecule has 0 heterocycles. The second kappa shape index (κ2) is 4.01. The van der Waals surface area contributed by atoms with Crippen LogP contribution in [-0.2, 0) is 0 Å². The van der Waals surface area contributed by atoms with Crippen molar-refractivity contribution in [1.29, 1.82) is 0 Å². The summed E-state index contributed by atoms with van der Waals surface area (Å²) in [6.45, 7) is 1.95. The molecule has 0 saturated heterocycles. The third-order valence-corrected chi connectivity index (χ3v) is 4.02. The van der Waals surface area contributed by atoms with Crippen LogP contribution in [0.1, 0.15) is 36.3 Å². The highest BCUT2D eigenvalue weighted by Crippen LogP contribution is 2.39. The van der Waals surface area contributed by atoms with Gasteiger partial charge < -0.3 is 0 Å². The van der Waals surface area contributed by atoms with E-state index in [4.69, 9.17) is 0 Å². The fourth-order valence-electron chi connectivity index (χ4n) is 2.27. The van der Waals surface area contributed by atoms with Crippen LogP contribution in [0.4, 0.5) is 4.39 Å². The van der Waals surface area contributed by atoms with E-state index in [2.05, 4.69) is 22.0 Å². The molecule has 0 aliphatic heterocycles. The van der Waals surface area contributed by atoms with Gasteiger partial charge in [-0.2, -0.15) is 0 Å². The third-order valence-electron chi connectivity index (χ3n) is 2.92. The van der Waals surface area contributed by atoms with E-state index in [0.717, 1.165) is 11.1 Å². The topological polar surface area (TPSA) is 0 Å². The first kappa shape index (κ1) is 10.2. The maximum absolute atomic E-state index is 13.2. The Morgan fingerprint density at radius 2 is 2.07 bits per heavy atom. The molecule has 0 amide bonds. The van der Waals surface area contributed by atoms with E-state index in [9.17, 15) is 4.39 Å². The van der Waals surface area contributed by atoms with Crippen molar-refractivity contribution in [3.05, 3.63) is 35.1 Å². The monoisotopic (exact) mass is 256 g/mol. The first-order chi connectivity index (χ1) is 6.66. The zero-order valence-corrected chi connectivity index (χ0v) is 9.85. The summed E-state index contributed by atoms with van der Waals surface area (Å²) in [4.78, 5) is 0.531. The number of hydrogen-bond donors (Lipinski definition) is 0. The van der Waals surface area contributed by atoms with Gasteiger partial charge in [0.1, 0.15) is 5.82 Å². The van der Waals surface area contributed by atoms with Crippen LogP contribution in [0, 0.1) is 12.7 Å². The van der Waals surface area contributed by atoms with Crippen molar-refractivity contribution in [2.75, 3.05) is 0 Å². The van der Waals surface area contributed by atoms with E-state index >= 15 is 0 Å². The lowest BCUT2D eigenvalue weighted by atomic mass is 9.96. The molecule has 76 valence electrons. The van der Waals surface area contributed by atoms with Crippen LogP contribution >= 0.6 is 15.9 Å². The molecule has 0 radical (unpaired) electrons. The van der Waals surface area contributed by atoms with Crippen molar-refractivity contribution in [3.8, 4) is 0 Å². The van der Waals surface area contributed by atoms with Crippen molar-refractivity contribution in [1.82, 2.24) is 0 Å². The molecule has 2 atom stereocenters. The smallest absolute Gasteiger partial charge is 0.123 e. The van der Waals surface area contributed by atoms with Gasteiger partial charge in [0.15, 0.2) is 0 Å². The van der Waals surface area contributed by atoms with E-state index in [1.807, 2.05) is 6.92 Å². The van der Waals surface area contributed by atoms with Gasteiger partial charge in [0, 0.05) is 4.83 Å². The van der Waals surface area contributed by atoms with E-state index in [0.29, 0.717) is 10.7 Å². The second-order valence-corrected chi connectivity index (χ2v) is 5.29. The van der Waals surface area contributed by atoms with E-state index in [1.54, 1.807) is 12.1 Å². The summed E-state index contributed by atoms with van der Waals surface area (Å²) in [5.74, 6) is 0.399. The Kier molecular flexibility index (Phi) is 2.91. The first-order valence-electron chi connectivity index (χ1n) is 5.08. The molecule has 0 nitrogen and oxygen atoms in total. The number of alkyl halides is 1. The molecule has 0 bridgehead atoms. The summed E-state index contributed by atoms with van der Waals surface area (Å²) in [6.07, 6.45) is 3.63. The van der Waals surface area contributed by atoms with Crippen LogP contribution in [0.2, 0.25) is 0 Å². The number of rotatable bonds is 1. The van der Waals surface area contributed by atoms with Gasteiger partial charge in [-0.25, -0.2) is 4.39 Å². The predicted molar refractivity (Wildman–Crippen MR) is 60.4 cm³/mol. The van der Waals surface area contributed by atoms with Crippen LogP contribution in [0.25, 0.3) is 0 Å². The second-order valence-electron chi connectivity index (χ2n) is 4.12. The lowest BCUT2D eigenvalue weighted by Crippen LogP contribution is -2.05. The van der Waals surface area contributed by atoms with Crippen molar-refractivity contribution in [2.24, 2.45) is 0 Å². The van der Waals surface area contributed by atoms with E-state index in [-0.39, 0.29) is 5.82 Å². The normalized spacial score (nSPS) is 26.8. The molecule has 2 unspecified atom stereocenters. The van der Waals surface area contributed by atoms with Crippen molar-refractivity contribution in [2.45, 2.75) is 36.9 Å². The standard InChI is InChI=1S/C12H14BrF/c1-8-5-9(7-10(14)6-8)11-3-2-4-12(11)13/h5-7,11-12H,2-4H2,1H3. The minimum Gasteiger partial charge on any atom is -0.207 e. The van der Waals surface area contributed by atoms with Gasteiger partial charge in [-0.1, -0.05) is 28.4 Å². The average molecular weight is 257 g/mol. The van der Waals surface area contributed by atoms with Crippen LogP contribution < -0.4 is 0 Å². The van der Waals surface area contributed by atoms with Gasteiger partial charge in [0.2, 0.25) is 0 Å². The maximum atomic E-state index is 13.2. The maximum Gasteiger partial charge on any atom is 0.123 e. The van der Waals surface area contributed by atoms with Gasteiger partial charge in [-0.05, 0) is 48.9 Å². The largest absolute Gasteiger partial charge is 0.207 e. The summed E-state index contributed by atoms with van der Waals surface area (Å²) in [7, 11) is 0. The SMILES string of the molecule is Cc1cc(F)cc(C2CCCC2Br)c1. The van der Waals surface area contributed by atoms with Gasteiger partial charge in [-0.15, -0.1) is 0 Å². The molecule has 14 heavy (non-hydrogen) atoms. The molecule has 1 aliphatic rings. The third kappa shape index (κ3) is 2.00. The molecule has 0 N–H and O–H groups in total. The molecule has 1 aromatic carbocycles. The minimum atomic E-state index is -0.105. The number of benzene rings is 1. The van der Waals surface area contributed by atoms with Gasteiger partial charge in [0.05, 0.1) is 0 Å². The summed E-state index contributed by atoms with van der Waals surface area (Å²) in [5.41, 5.74) is 2.17. The lowest BCUT2D eigenvalue weighted by Gasteiger charge is -2.15. The molecular formula is C12H14BrF. The van der Waals surface area contributed by atoms with Crippen molar-refractivity contribution >= 4 is 15.9 Å².